The van der Waals surface area contributed by atoms with Gasteiger partial charge in [-0.1, -0.05) is 36.4 Å². The van der Waals surface area contributed by atoms with Crippen LogP contribution < -0.4 is 0 Å². The maximum atomic E-state index is 12.6. The minimum atomic E-state index is 0.0378. The second-order valence-electron chi connectivity index (χ2n) is 5.96. The Balaban J connectivity index is 2.09. The predicted molar refractivity (Wildman–Crippen MR) is 84.8 cm³/mol. The Morgan fingerprint density at radius 3 is 2.81 bits per heavy atom. The van der Waals surface area contributed by atoms with Gasteiger partial charge in [0, 0.05) is 28.7 Å². The van der Waals surface area contributed by atoms with Gasteiger partial charge in [0.2, 0.25) is 0 Å². The summed E-state index contributed by atoms with van der Waals surface area (Å²) in [6.07, 6.45) is 0.740. The summed E-state index contributed by atoms with van der Waals surface area (Å²) in [5.41, 5.74) is 4.51. The van der Waals surface area contributed by atoms with Crippen molar-refractivity contribution in [2.24, 2.45) is 0 Å². The molecule has 0 bridgehead atoms. The number of allylic oxidation sites excluding steroid dienone is 1. The molecule has 0 aromatic heterocycles. The zero-order valence-electron chi connectivity index (χ0n) is 12.2. The molecule has 1 aliphatic heterocycles. The van der Waals surface area contributed by atoms with Crippen LogP contribution in [0.4, 0.5) is 0 Å². The van der Waals surface area contributed by atoms with Crippen molar-refractivity contribution in [3.05, 3.63) is 59.2 Å². The van der Waals surface area contributed by atoms with Crippen LogP contribution in [0.25, 0.3) is 22.1 Å². The molecular formula is C19H16O2. The van der Waals surface area contributed by atoms with Crippen LogP contribution in [0.15, 0.2) is 42.5 Å². The quantitative estimate of drug-likeness (QED) is 0.672. The minimum Gasteiger partial charge on any atom is -0.489 e. The molecule has 2 aromatic carbocycles. The topological polar surface area (TPSA) is 26.3 Å². The zero-order valence-corrected chi connectivity index (χ0v) is 12.2. The highest BCUT2D eigenvalue weighted by atomic mass is 16.5. The van der Waals surface area contributed by atoms with E-state index in [1.54, 1.807) is 0 Å². The van der Waals surface area contributed by atoms with Crippen molar-refractivity contribution in [1.29, 1.82) is 0 Å². The molecule has 0 saturated carbocycles. The fraction of sp³-hybridized carbons (Fsp3) is 0.211. The summed E-state index contributed by atoms with van der Waals surface area (Å²) in [6.45, 7) is 8.12. The lowest BCUT2D eigenvalue weighted by Crippen LogP contribution is -2.12. The third-order valence-corrected chi connectivity index (χ3v) is 4.36. The van der Waals surface area contributed by atoms with Gasteiger partial charge in [0.05, 0.1) is 0 Å². The van der Waals surface area contributed by atoms with Crippen molar-refractivity contribution in [1.82, 2.24) is 0 Å². The first-order chi connectivity index (χ1) is 10.1. The van der Waals surface area contributed by atoms with Gasteiger partial charge in [0.15, 0.2) is 5.78 Å². The van der Waals surface area contributed by atoms with Crippen LogP contribution >= 0.6 is 0 Å². The van der Waals surface area contributed by atoms with Gasteiger partial charge in [0.25, 0.3) is 0 Å². The number of benzene rings is 2. The number of hydrogen-bond donors (Lipinski definition) is 0. The summed E-state index contributed by atoms with van der Waals surface area (Å²) in [6, 6.07) is 10.4. The van der Waals surface area contributed by atoms with Gasteiger partial charge < -0.3 is 4.74 Å². The number of Topliss-reactive ketones (excluding diaryl/α,β-unsaturated/α-hetero) is 1. The van der Waals surface area contributed by atoms with E-state index in [2.05, 4.69) is 43.8 Å². The van der Waals surface area contributed by atoms with Gasteiger partial charge >= 0.3 is 0 Å². The molecule has 2 heteroatoms. The van der Waals surface area contributed by atoms with Crippen molar-refractivity contribution < 1.29 is 9.53 Å². The fourth-order valence-corrected chi connectivity index (χ4v) is 3.36. The highest BCUT2D eigenvalue weighted by Gasteiger charge is 2.36. The molecule has 1 unspecified atom stereocenters. The van der Waals surface area contributed by atoms with Gasteiger partial charge in [0.1, 0.15) is 11.9 Å². The number of ether oxygens (including phenoxy) is 1. The van der Waals surface area contributed by atoms with Crippen molar-refractivity contribution in [3.63, 3.8) is 0 Å². The second kappa shape index (κ2) is 4.08. The van der Waals surface area contributed by atoms with E-state index in [1.807, 2.05) is 6.92 Å². The summed E-state index contributed by atoms with van der Waals surface area (Å²) >= 11 is 0. The van der Waals surface area contributed by atoms with E-state index in [9.17, 15) is 4.79 Å². The van der Waals surface area contributed by atoms with Gasteiger partial charge in [-0.25, -0.2) is 0 Å². The van der Waals surface area contributed by atoms with E-state index < -0.39 is 0 Å². The first kappa shape index (κ1) is 12.4. The second-order valence-corrected chi connectivity index (χ2v) is 5.96. The molecule has 0 amide bonds. The van der Waals surface area contributed by atoms with Crippen LogP contribution in [0.1, 0.15) is 30.0 Å². The Morgan fingerprint density at radius 2 is 2.00 bits per heavy atom. The molecule has 2 aliphatic rings. The monoisotopic (exact) mass is 276 g/mol. The van der Waals surface area contributed by atoms with E-state index in [-0.39, 0.29) is 11.9 Å². The number of carbonyl (C=O) groups excluding carboxylic acids is 1. The van der Waals surface area contributed by atoms with E-state index in [0.717, 1.165) is 33.2 Å². The number of rotatable bonds is 0. The molecule has 104 valence electrons. The average Bonchev–Trinajstić information content (AvgIpc) is 2.85. The summed E-state index contributed by atoms with van der Waals surface area (Å²) < 4.78 is 5.91. The lowest BCUT2D eigenvalue weighted by Gasteiger charge is -2.21. The number of carbonyl (C=O) groups is 1. The number of ketones is 1. The first-order valence-electron chi connectivity index (χ1n) is 7.24. The predicted octanol–water partition coefficient (Wildman–Crippen LogP) is 4.26. The molecule has 1 heterocycles. The molecule has 2 aromatic rings. The molecule has 2 nitrogen and oxygen atoms in total. The molecule has 1 aliphatic carbocycles. The largest absolute Gasteiger partial charge is 0.489 e. The molecule has 1 atom stereocenters. The Hall–Kier alpha value is -2.35. The van der Waals surface area contributed by atoms with E-state index in [1.165, 1.54) is 5.56 Å². The summed E-state index contributed by atoms with van der Waals surface area (Å²) in [5.74, 6) is 0.800. The van der Waals surface area contributed by atoms with E-state index >= 15 is 0 Å². The summed E-state index contributed by atoms with van der Waals surface area (Å²) in [5, 5.41) is 2.21. The number of aryl methyl sites for hydroxylation is 1. The average molecular weight is 276 g/mol. The van der Waals surface area contributed by atoms with Crippen molar-refractivity contribution >= 4 is 27.9 Å². The highest BCUT2D eigenvalue weighted by Crippen LogP contribution is 2.44. The molecule has 0 N–H and O–H groups in total. The van der Waals surface area contributed by atoms with Crippen LogP contribution in [0, 0.1) is 6.92 Å². The maximum absolute atomic E-state index is 12.6. The lowest BCUT2D eigenvalue weighted by atomic mass is 9.82. The maximum Gasteiger partial charge on any atom is 0.192 e. The van der Waals surface area contributed by atoms with Crippen LogP contribution in [-0.2, 0) is 9.53 Å². The number of hydrogen-bond acceptors (Lipinski definition) is 2. The summed E-state index contributed by atoms with van der Waals surface area (Å²) in [4.78, 5) is 12.6. The first-order valence-corrected chi connectivity index (χ1v) is 7.24. The third-order valence-electron chi connectivity index (χ3n) is 4.36. The van der Waals surface area contributed by atoms with E-state index in [0.29, 0.717) is 12.0 Å². The zero-order chi connectivity index (χ0) is 14.7. The van der Waals surface area contributed by atoms with Gasteiger partial charge in [-0.05, 0) is 30.7 Å². The van der Waals surface area contributed by atoms with Crippen LogP contribution in [0.2, 0.25) is 0 Å². The van der Waals surface area contributed by atoms with Gasteiger partial charge in [-0.15, -0.1) is 0 Å². The molecular weight excluding hydrogens is 260 g/mol. The van der Waals surface area contributed by atoms with Crippen molar-refractivity contribution in [2.45, 2.75) is 26.4 Å². The smallest absolute Gasteiger partial charge is 0.192 e. The lowest BCUT2D eigenvalue weighted by molar-refractivity contribution is -0.110. The molecule has 0 fully saturated rings. The number of fused-ring (bicyclic) bond motifs is 4. The van der Waals surface area contributed by atoms with Crippen LogP contribution in [0.3, 0.4) is 0 Å². The Bertz CT molecular complexity index is 855. The highest BCUT2D eigenvalue weighted by molar-refractivity contribution is 6.35. The molecule has 0 radical (unpaired) electrons. The Morgan fingerprint density at radius 1 is 1.24 bits per heavy atom. The van der Waals surface area contributed by atoms with Crippen molar-refractivity contribution in [3.8, 4) is 0 Å². The molecule has 0 saturated heterocycles. The standard InChI is InChI=1S/C19H16O2/c1-10-4-5-13-6-7-14-17(15(13)8-10)12(3)18(20)16-9-11(2)21-19(14)16/h4-8,11H,3,9H2,1-2H3. The fourth-order valence-electron chi connectivity index (χ4n) is 3.36. The minimum absolute atomic E-state index is 0.0378. The normalized spacial score (nSPS) is 20.6. The SMILES string of the molecule is C=C1C(=O)C2=C(OC(C)C2)c2ccc3ccc(C)cc3c21. The van der Waals surface area contributed by atoms with Crippen LogP contribution in [-0.4, -0.2) is 11.9 Å². The van der Waals surface area contributed by atoms with Crippen LogP contribution in [0.5, 0.6) is 0 Å². The third kappa shape index (κ3) is 1.62. The van der Waals surface area contributed by atoms with Gasteiger partial charge in [-0.2, -0.15) is 0 Å². The van der Waals surface area contributed by atoms with Crippen molar-refractivity contribution in [2.75, 3.05) is 0 Å². The Kier molecular flexibility index (Phi) is 2.41. The molecule has 4 rings (SSSR count). The van der Waals surface area contributed by atoms with E-state index in [4.69, 9.17) is 4.74 Å². The van der Waals surface area contributed by atoms with Gasteiger partial charge in [-0.3, -0.25) is 4.79 Å². The molecule has 0 spiro atoms. The Labute approximate surface area is 123 Å². The molecule has 21 heavy (non-hydrogen) atoms. The summed E-state index contributed by atoms with van der Waals surface area (Å²) in [7, 11) is 0.